The van der Waals surface area contributed by atoms with Gasteiger partial charge in [0.05, 0.1) is 11.5 Å². The van der Waals surface area contributed by atoms with Crippen LogP contribution in [0.3, 0.4) is 0 Å². The third-order valence-corrected chi connectivity index (χ3v) is 6.55. The highest BCUT2D eigenvalue weighted by molar-refractivity contribution is 7.91. The molecule has 154 valence electrons. The van der Waals surface area contributed by atoms with Gasteiger partial charge < -0.3 is 14.6 Å². The van der Waals surface area contributed by atoms with Crippen molar-refractivity contribution in [1.29, 1.82) is 0 Å². The highest BCUT2D eigenvalue weighted by atomic mass is 32.2. The number of carbonyl (C=O) groups excluding carboxylic acids is 3. The minimum atomic E-state index is -3.18. The summed E-state index contributed by atoms with van der Waals surface area (Å²) in [6.07, 6.45) is 1.75. The molecule has 2 aromatic rings. The number of ether oxygens (including phenoxy) is 1. The lowest BCUT2D eigenvalue weighted by Gasteiger charge is -2.28. The summed E-state index contributed by atoms with van der Waals surface area (Å²) >= 11 is 0. The van der Waals surface area contributed by atoms with Gasteiger partial charge in [0.15, 0.2) is 22.2 Å². The molecule has 0 spiro atoms. The number of esters is 1. The summed E-state index contributed by atoms with van der Waals surface area (Å²) in [6, 6.07) is 10.1. The molecule has 0 saturated carbocycles. The largest absolute Gasteiger partial charge is 0.451 e. The second-order valence-electron chi connectivity index (χ2n) is 7.00. The molecule has 3 rings (SSSR count). The van der Waals surface area contributed by atoms with E-state index in [0.29, 0.717) is 12.0 Å². The van der Waals surface area contributed by atoms with Crippen LogP contribution in [-0.4, -0.2) is 60.1 Å². The van der Waals surface area contributed by atoms with Gasteiger partial charge in [-0.25, -0.2) is 13.2 Å². The maximum Gasteiger partial charge on any atom is 0.355 e. The molecule has 29 heavy (non-hydrogen) atoms. The van der Waals surface area contributed by atoms with Crippen LogP contribution in [0.1, 0.15) is 39.8 Å². The Hall–Kier alpha value is -2.94. The van der Waals surface area contributed by atoms with Gasteiger partial charge in [-0.05, 0) is 25.0 Å². The zero-order valence-corrected chi connectivity index (χ0v) is 16.8. The number of benzene rings is 1. The minimum absolute atomic E-state index is 0.0341. The van der Waals surface area contributed by atoms with Crippen LogP contribution in [0.2, 0.25) is 0 Å². The SMILES string of the molecule is CC(=O)c1c[nH]c(C(=O)OCC(=O)N(Cc2ccccc2)[C@@H]2CCS(=O)(=O)C2)c1. The van der Waals surface area contributed by atoms with Crippen molar-refractivity contribution in [2.24, 2.45) is 0 Å². The number of aromatic nitrogens is 1. The molecule has 2 heterocycles. The van der Waals surface area contributed by atoms with Crippen LogP contribution in [0, 0.1) is 0 Å². The molecule has 1 amide bonds. The van der Waals surface area contributed by atoms with Crippen LogP contribution in [0.5, 0.6) is 0 Å². The molecule has 0 unspecified atom stereocenters. The number of hydrogen-bond acceptors (Lipinski definition) is 6. The van der Waals surface area contributed by atoms with Gasteiger partial charge in [0, 0.05) is 24.3 Å². The van der Waals surface area contributed by atoms with Crippen molar-refractivity contribution < 1.29 is 27.5 Å². The van der Waals surface area contributed by atoms with Crippen LogP contribution in [0.4, 0.5) is 0 Å². The van der Waals surface area contributed by atoms with Crippen molar-refractivity contribution in [3.8, 4) is 0 Å². The molecule has 0 bridgehead atoms. The predicted octanol–water partition coefficient (Wildman–Crippen LogP) is 1.59. The standard InChI is InChI=1S/C20H22N2O6S/c1-14(23)16-9-18(21-10-16)20(25)28-12-19(24)22(11-15-5-3-2-4-6-15)17-7-8-29(26,27)13-17/h2-6,9-10,17,21H,7-8,11-13H2,1H3/t17-/m1/s1. The molecule has 1 atom stereocenters. The molecule has 0 aliphatic carbocycles. The molecule has 1 saturated heterocycles. The Labute approximate surface area is 168 Å². The van der Waals surface area contributed by atoms with Gasteiger partial charge in [0.1, 0.15) is 5.69 Å². The summed E-state index contributed by atoms with van der Waals surface area (Å²) in [7, 11) is -3.18. The van der Waals surface area contributed by atoms with Crippen LogP contribution >= 0.6 is 0 Å². The lowest BCUT2D eigenvalue weighted by Crippen LogP contribution is -2.42. The van der Waals surface area contributed by atoms with Crippen molar-refractivity contribution >= 4 is 27.5 Å². The molecular formula is C20H22N2O6S. The van der Waals surface area contributed by atoms with Crippen LogP contribution in [0.25, 0.3) is 0 Å². The van der Waals surface area contributed by atoms with Gasteiger partial charge in [-0.1, -0.05) is 30.3 Å². The zero-order valence-electron chi connectivity index (χ0n) is 16.0. The molecule has 0 radical (unpaired) electrons. The average Bonchev–Trinajstić information content (AvgIpc) is 3.31. The fraction of sp³-hybridized carbons (Fsp3) is 0.350. The minimum Gasteiger partial charge on any atom is -0.451 e. The molecule has 1 aromatic heterocycles. The number of aromatic amines is 1. The maximum absolute atomic E-state index is 12.8. The number of rotatable bonds is 7. The van der Waals surface area contributed by atoms with Crippen molar-refractivity contribution in [3.63, 3.8) is 0 Å². The van der Waals surface area contributed by atoms with E-state index >= 15 is 0 Å². The number of amides is 1. The van der Waals surface area contributed by atoms with E-state index in [0.717, 1.165) is 5.56 Å². The Morgan fingerprint density at radius 1 is 1.21 bits per heavy atom. The van der Waals surface area contributed by atoms with Gasteiger partial charge in [-0.15, -0.1) is 0 Å². The van der Waals surface area contributed by atoms with Gasteiger partial charge in [0.2, 0.25) is 0 Å². The zero-order chi connectivity index (χ0) is 21.0. The van der Waals surface area contributed by atoms with Crippen LogP contribution in [0.15, 0.2) is 42.6 Å². The highest BCUT2D eigenvalue weighted by Gasteiger charge is 2.35. The van der Waals surface area contributed by atoms with Crippen molar-refractivity contribution in [2.45, 2.75) is 25.9 Å². The Kier molecular flexibility index (Phi) is 6.17. The van der Waals surface area contributed by atoms with Crippen molar-refractivity contribution in [2.75, 3.05) is 18.1 Å². The summed E-state index contributed by atoms with van der Waals surface area (Å²) in [5.74, 6) is -1.50. The van der Waals surface area contributed by atoms with Gasteiger partial charge in [-0.2, -0.15) is 0 Å². The predicted molar refractivity (Wildman–Crippen MR) is 105 cm³/mol. The summed E-state index contributed by atoms with van der Waals surface area (Å²) in [6.45, 7) is 1.09. The summed E-state index contributed by atoms with van der Waals surface area (Å²) < 4.78 is 28.8. The number of carbonyl (C=O) groups is 3. The molecule has 9 heteroatoms. The smallest absolute Gasteiger partial charge is 0.355 e. The Morgan fingerprint density at radius 2 is 1.93 bits per heavy atom. The lowest BCUT2D eigenvalue weighted by atomic mass is 10.1. The topological polar surface area (TPSA) is 114 Å². The fourth-order valence-corrected chi connectivity index (χ4v) is 4.96. The Balaban J connectivity index is 1.68. The second-order valence-corrected chi connectivity index (χ2v) is 9.23. The van der Waals surface area contributed by atoms with Gasteiger partial charge >= 0.3 is 5.97 Å². The van der Waals surface area contributed by atoms with Crippen LogP contribution in [-0.2, 0) is 25.9 Å². The first-order valence-electron chi connectivity index (χ1n) is 9.15. The normalized spacial score (nSPS) is 17.6. The van der Waals surface area contributed by atoms with Gasteiger partial charge in [-0.3, -0.25) is 9.59 Å². The Bertz CT molecular complexity index is 1010. The van der Waals surface area contributed by atoms with Crippen molar-refractivity contribution in [1.82, 2.24) is 9.88 Å². The second kappa shape index (κ2) is 8.60. The highest BCUT2D eigenvalue weighted by Crippen LogP contribution is 2.20. The number of hydrogen-bond donors (Lipinski definition) is 1. The maximum atomic E-state index is 12.8. The summed E-state index contributed by atoms with van der Waals surface area (Å²) in [5.41, 5.74) is 1.26. The molecule has 1 aliphatic heterocycles. The third-order valence-electron chi connectivity index (χ3n) is 4.80. The number of H-pyrrole nitrogens is 1. The molecule has 1 fully saturated rings. The molecule has 1 N–H and O–H groups in total. The molecule has 1 aliphatic rings. The number of nitrogens with one attached hydrogen (secondary N) is 1. The number of nitrogens with zero attached hydrogens (tertiary/aromatic N) is 1. The number of sulfone groups is 1. The summed E-state index contributed by atoms with van der Waals surface area (Å²) in [4.78, 5) is 40.4. The fourth-order valence-electron chi connectivity index (χ4n) is 3.23. The lowest BCUT2D eigenvalue weighted by molar-refractivity contribution is -0.137. The van der Waals surface area contributed by atoms with E-state index in [4.69, 9.17) is 4.74 Å². The third kappa shape index (κ3) is 5.32. The Morgan fingerprint density at radius 3 is 2.52 bits per heavy atom. The molecular weight excluding hydrogens is 396 g/mol. The quantitative estimate of drug-likeness (QED) is 0.540. The number of Topliss-reactive ketones (excluding diaryl/α,β-unsaturated/α-hetero) is 1. The van der Waals surface area contributed by atoms with E-state index in [9.17, 15) is 22.8 Å². The van der Waals surface area contributed by atoms with E-state index in [1.54, 1.807) is 0 Å². The first kappa shape index (κ1) is 20.8. The molecule has 1 aromatic carbocycles. The van der Waals surface area contributed by atoms with E-state index in [1.807, 2.05) is 30.3 Å². The molecule has 8 nitrogen and oxygen atoms in total. The van der Waals surface area contributed by atoms with Crippen molar-refractivity contribution in [3.05, 3.63) is 59.4 Å². The van der Waals surface area contributed by atoms with Crippen LogP contribution < -0.4 is 0 Å². The monoisotopic (exact) mass is 418 g/mol. The van der Waals surface area contributed by atoms with E-state index in [-0.39, 0.29) is 29.5 Å². The average molecular weight is 418 g/mol. The summed E-state index contributed by atoms with van der Waals surface area (Å²) in [5, 5.41) is 0. The first-order valence-corrected chi connectivity index (χ1v) is 11.0. The van der Waals surface area contributed by atoms with E-state index in [2.05, 4.69) is 4.98 Å². The number of ketones is 1. The van der Waals surface area contributed by atoms with Gasteiger partial charge in [0.25, 0.3) is 5.91 Å². The first-order chi connectivity index (χ1) is 13.7. The van der Waals surface area contributed by atoms with E-state index < -0.39 is 34.4 Å². The van der Waals surface area contributed by atoms with E-state index in [1.165, 1.54) is 24.1 Å².